The molecule has 0 atom stereocenters. The number of sulfonamides is 1. The fourth-order valence-corrected chi connectivity index (χ4v) is 4.39. The van der Waals surface area contributed by atoms with Crippen LogP contribution in [0, 0.1) is 6.92 Å². The van der Waals surface area contributed by atoms with Crippen molar-refractivity contribution in [3.8, 4) is 5.75 Å². The third-order valence-electron chi connectivity index (χ3n) is 3.05. The Hall–Kier alpha value is -1.41. The largest absolute Gasteiger partial charge is 0.497 e. The number of thiophene rings is 1. The summed E-state index contributed by atoms with van der Waals surface area (Å²) in [5.41, 5.74) is 7.33. The van der Waals surface area contributed by atoms with E-state index in [4.69, 9.17) is 10.5 Å². The third kappa shape index (κ3) is 3.82. The van der Waals surface area contributed by atoms with Crippen LogP contribution < -0.4 is 15.2 Å². The fraction of sp³-hybridized carbons (Fsp3) is 0.286. The molecule has 2 rings (SSSR count). The average Bonchev–Trinajstić information content (AvgIpc) is 2.87. The Morgan fingerprint density at radius 1 is 1.33 bits per heavy atom. The highest BCUT2D eigenvalue weighted by atomic mass is 32.2. The van der Waals surface area contributed by atoms with Gasteiger partial charge in [-0.1, -0.05) is 12.1 Å². The lowest BCUT2D eigenvalue weighted by Gasteiger charge is -2.06. The van der Waals surface area contributed by atoms with Gasteiger partial charge in [-0.15, -0.1) is 11.3 Å². The zero-order chi connectivity index (χ0) is 15.5. The summed E-state index contributed by atoms with van der Waals surface area (Å²) in [6.45, 7) is 2.43. The first-order chi connectivity index (χ1) is 9.96. The van der Waals surface area contributed by atoms with Crippen LogP contribution in [-0.4, -0.2) is 15.5 Å². The van der Waals surface area contributed by atoms with E-state index in [0.717, 1.165) is 16.0 Å². The van der Waals surface area contributed by atoms with E-state index in [-0.39, 0.29) is 6.54 Å². The Balaban J connectivity index is 2.13. The Bertz CT molecular complexity index is 724. The summed E-state index contributed by atoms with van der Waals surface area (Å²) in [4.78, 5) is 0.886. The second kappa shape index (κ2) is 6.57. The van der Waals surface area contributed by atoms with Crippen LogP contribution in [0.4, 0.5) is 0 Å². The monoisotopic (exact) mass is 326 g/mol. The van der Waals surface area contributed by atoms with Crippen molar-refractivity contribution in [1.82, 2.24) is 4.72 Å². The van der Waals surface area contributed by atoms with Crippen molar-refractivity contribution >= 4 is 21.4 Å². The normalized spacial score (nSPS) is 11.6. The first kappa shape index (κ1) is 16.0. The van der Waals surface area contributed by atoms with E-state index in [9.17, 15) is 8.42 Å². The number of nitrogens with two attached hydrogens (primary N) is 1. The Morgan fingerprint density at radius 3 is 2.71 bits per heavy atom. The molecule has 3 N–H and O–H groups in total. The molecule has 0 aliphatic heterocycles. The van der Waals surface area contributed by atoms with Gasteiger partial charge in [-0.3, -0.25) is 0 Å². The van der Waals surface area contributed by atoms with Crippen LogP contribution in [0.1, 0.15) is 16.0 Å². The van der Waals surface area contributed by atoms with Crippen molar-refractivity contribution in [1.29, 1.82) is 0 Å². The van der Waals surface area contributed by atoms with Crippen LogP contribution >= 0.6 is 11.3 Å². The molecule has 5 nitrogen and oxygen atoms in total. The first-order valence-electron chi connectivity index (χ1n) is 6.38. The Labute approximate surface area is 128 Å². The highest BCUT2D eigenvalue weighted by molar-refractivity contribution is 7.91. The second-order valence-corrected chi connectivity index (χ2v) is 7.68. The molecule has 1 heterocycles. The van der Waals surface area contributed by atoms with E-state index in [1.807, 2.05) is 25.1 Å². The average molecular weight is 326 g/mol. The predicted molar refractivity (Wildman–Crippen MR) is 84.0 cm³/mol. The maximum Gasteiger partial charge on any atom is 0.250 e. The van der Waals surface area contributed by atoms with E-state index in [1.54, 1.807) is 19.2 Å². The molecule has 2 aromatic rings. The van der Waals surface area contributed by atoms with Crippen LogP contribution in [-0.2, 0) is 23.1 Å². The van der Waals surface area contributed by atoms with E-state index >= 15 is 0 Å². The van der Waals surface area contributed by atoms with Gasteiger partial charge in [0, 0.05) is 18.0 Å². The van der Waals surface area contributed by atoms with Gasteiger partial charge in [0.05, 0.1) is 7.11 Å². The van der Waals surface area contributed by atoms with Gasteiger partial charge in [0.25, 0.3) is 0 Å². The van der Waals surface area contributed by atoms with Gasteiger partial charge in [-0.05, 0) is 36.2 Å². The van der Waals surface area contributed by atoms with E-state index < -0.39 is 10.0 Å². The van der Waals surface area contributed by atoms with Crippen LogP contribution in [0.2, 0.25) is 0 Å². The van der Waals surface area contributed by atoms with Crippen LogP contribution in [0.25, 0.3) is 0 Å². The summed E-state index contributed by atoms with van der Waals surface area (Å²) in [5.74, 6) is 0.698. The lowest BCUT2D eigenvalue weighted by Crippen LogP contribution is -2.22. The van der Waals surface area contributed by atoms with Gasteiger partial charge in [-0.2, -0.15) is 0 Å². The van der Waals surface area contributed by atoms with Gasteiger partial charge in [0.2, 0.25) is 10.0 Å². The molecular weight excluding hydrogens is 308 g/mol. The second-order valence-electron chi connectivity index (χ2n) is 4.55. The molecule has 0 amide bonds. The molecule has 0 spiro atoms. The van der Waals surface area contributed by atoms with Crippen molar-refractivity contribution in [3.05, 3.63) is 46.3 Å². The van der Waals surface area contributed by atoms with E-state index in [2.05, 4.69) is 4.72 Å². The molecule has 21 heavy (non-hydrogen) atoms. The molecule has 0 radical (unpaired) electrons. The van der Waals surface area contributed by atoms with Crippen LogP contribution in [0.15, 0.2) is 34.5 Å². The summed E-state index contributed by atoms with van der Waals surface area (Å²) < 4.78 is 32.5. The fourth-order valence-electron chi connectivity index (χ4n) is 1.86. The maximum absolute atomic E-state index is 12.3. The van der Waals surface area contributed by atoms with Crippen molar-refractivity contribution in [2.24, 2.45) is 5.73 Å². The topological polar surface area (TPSA) is 81.4 Å². The molecule has 114 valence electrons. The molecule has 0 unspecified atom stereocenters. The van der Waals surface area contributed by atoms with Crippen LogP contribution in [0.5, 0.6) is 5.75 Å². The van der Waals surface area contributed by atoms with E-state index in [0.29, 0.717) is 16.5 Å². The standard InChI is InChI=1S/C14H18N2O3S2/c1-10-6-14(20-13(10)8-15)21(17,18)16-9-11-4-3-5-12(7-11)19-2/h3-7,16H,8-9,15H2,1-2H3. The summed E-state index contributed by atoms with van der Waals surface area (Å²) in [7, 11) is -1.94. The minimum Gasteiger partial charge on any atom is -0.497 e. The SMILES string of the molecule is COc1cccc(CNS(=O)(=O)c2cc(C)c(CN)s2)c1. The molecule has 1 aromatic heterocycles. The zero-order valence-electron chi connectivity index (χ0n) is 11.9. The molecule has 0 aliphatic carbocycles. The third-order valence-corrected chi connectivity index (χ3v) is 6.18. The number of hydrogen-bond acceptors (Lipinski definition) is 5. The Morgan fingerprint density at radius 2 is 2.10 bits per heavy atom. The minimum atomic E-state index is -3.52. The van der Waals surface area contributed by atoms with Crippen LogP contribution in [0.3, 0.4) is 0 Å². The summed E-state index contributed by atoms with van der Waals surface area (Å²) in [6.07, 6.45) is 0. The molecule has 0 aliphatic rings. The highest BCUT2D eigenvalue weighted by Crippen LogP contribution is 2.25. The zero-order valence-corrected chi connectivity index (χ0v) is 13.6. The number of benzene rings is 1. The minimum absolute atomic E-state index is 0.217. The lowest BCUT2D eigenvalue weighted by molar-refractivity contribution is 0.414. The first-order valence-corrected chi connectivity index (χ1v) is 8.68. The number of methoxy groups -OCH3 is 1. The smallest absolute Gasteiger partial charge is 0.250 e. The number of aryl methyl sites for hydroxylation is 1. The molecule has 0 saturated carbocycles. The molecule has 0 saturated heterocycles. The summed E-state index contributed by atoms with van der Waals surface area (Å²) in [6, 6.07) is 8.93. The quantitative estimate of drug-likeness (QED) is 0.851. The lowest BCUT2D eigenvalue weighted by atomic mass is 10.2. The number of rotatable bonds is 6. The number of nitrogens with one attached hydrogen (secondary N) is 1. The van der Waals surface area contributed by atoms with Crippen molar-refractivity contribution < 1.29 is 13.2 Å². The number of ether oxygens (including phenoxy) is 1. The maximum atomic E-state index is 12.3. The van der Waals surface area contributed by atoms with Gasteiger partial charge in [0.1, 0.15) is 9.96 Å². The molecular formula is C14H18N2O3S2. The molecule has 1 aromatic carbocycles. The predicted octanol–water partition coefficient (Wildman–Crippen LogP) is 2.00. The van der Waals surface area contributed by atoms with Crippen molar-refractivity contribution in [2.45, 2.75) is 24.2 Å². The highest BCUT2D eigenvalue weighted by Gasteiger charge is 2.18. The molecule has 0 bridgehead atoms. The van der Waals surface area contributed by atoms with Crippen molar-refractivity contribution in [2.75, 3.05) is 7.11 Å². The van der Waals surface area contributed by atoms with Gasteiger partial charge in [0.15, 0.2) is 0 Å². The van der Waals surface area contributed by atoms with Gasteiger partial charge >= 0.3 is 0 Å². The molecule has 0 fully saturated rings. The number of hydrogen-bond donors (Lipinski definition) is 2. The summed E-state index contributed by atoms with van der Waals surface area (Å²) in [5, 5.41) is 0. The van der Waals surface area contributed by atoms with E-state index in [1.165, 1.54) is 11.3 Å². The Kier molecular flexibility index (Phi) is 5.00. The van der Waals surface area contributed by atoms with Gasteiger partial charge in [-0.25, -0.2) is 13.1 Å². The summed E-state index contributed by atoms with van der Waals surface area (Å²) >= 11 is 1.21. The van der Waals surface area contributed by atoms with Crippen molar-refractivity contribution in [3.63, 3.8) is 0 Å². The molecule has 7 heteroatoms. The van der Waals surface area contributed by atoms with Gasteiger partial charge < -0.3 is 10.5 Å².